The molecular formula is C12H23N3O2. The van der Waals surface area contributed by atoms with Crippen molar-refractivity contribution in [2.75, 3.05) is 46.4 Å². The van der Waals surface area contributed by atoms with Gasteiger partial charge in [-0.1, -0.05) is 0 Å². The molecule has 1 amide bonds. The molecule has 1 saturated carbocycles. The molecule has 0 atom stereocenters. The third-order valence-corrected chi connectivity index (χ3v) is 4.00. The van der Waals surface area contributed by atoms with Gasteiger partial charge in [0.05, 0.1) is 6.61 Å². The van der Waals surface area contributed by atoms with Crippen molar-refractivity contribution in [1.82, 2.24) is 15.1 Å². The number of hydrogen-bond acceptors (Lipinski definition) is 4. The summed E-state index contributed by atoms with van der Waals surface area (Å²) in [5.74, 6) is 0.581. The van der Waals surface area contributed by atoms with E-state index in [0.717, 1.165) is 45.6 Å². The summed E-state index contributed by atoms with van der Waals surface area (Å²) in [6.45, 7) is 4.37. The number of nitrogens with one attached hydrogen (secondary N) is 1. The fraction of sp³-hybridized carbons (Fsp3) is 0.917. The standard InChI is InChI=1S/C12H23N3O2/c1-13-11-8-10(9-11)12(17)15-4-2-14(3-5-15)6-7-16/h10-11,13,16H,2-9H2,1H3. The predicted octanol–water partition coefficient (Wildman–Crippen LogP) is -0.879. The van der Waals surface area contributed by atoms with Crippen molar-refractivity contribution in [1.29, 1.82) is 0 Å². The van der Waals surface area contributed by atoms with E-state index in [1.165, 1.54) is 0 Å². The molecule has 2 aliphatic rings. The highest BCUT2D eigenvalue weighted by atomic mass is 16.3. The summed E-state index contributed by atoms with van der Waals surface area (Å²) < 4.78 is 0. The highest BCUT2D eigenvalue weighted by molar-refractivity contribution is 5.80. The summed E-state index contributed by atoms with van der Waals surface area (Å²) >= 11 is 0. The summed E-state index contributed by atoms with van der Waals surface area (Å²) in [6, 6.07) is 0.541. The van der Waals surface area contributed by atoms with Gasteiger partial charge in [0.25, 0.3) is 0 Å². The van der Waals surface area contributed by atoms with Crippen LogP contribution in [0.5, 0.6) is 0 Å². The number of amides is 1. The number of aliphatic hydroxyl groups excluding tert-OH is 1. The molecule has 2 rings (SSSR count). The molecule has 2 fully saturated rings. The maximum atomic E-state index is 12.1. The molecule has 1 aliphatic heterocycles. The van der Waals surface area contributed by atoms with E-state index in [1.54, 1.807) is 0 Å². The molecule has 0 unspecified atom stereocenters. The molecule has 0 aromatic heterocycles. The first-order valence-electron chi connectivity index (χ1n) is 6.54. The summed E-state index contributed by atoms with van der Waals surface area (Å²) in [4.78, 5) is 16.3. The van der Waals surface area contributed by atoms with E-state index >= 15 is 0 Å². The summed E-state index contributed by atoms with van der Waals surface area (Å²) in [5, 5.41) is 12.1. The van der Waals surface area contributed by atoms with Gasteiger partial charge in [-0.05, 0) is 19.9 Å². The van der Waals surface area contributed by atoms with Gasteiger partial charge in [0, 0.05) is 44.7 Å². The quantitative estimate of drug-likeness (QED) is 0.671. The third-order valence-electron chi connectivity index (χ3n) is 4.00. The number of carbonyl (C=O) groups excluding carboxylic acids is 1. The van der Waals surface area contributed by atoms with Gasteiger partial charge >= 0.3 is 0 Å². The Morgan fingerprint density at radius 1 is 1.29 bits per heavy atom. The molecule has 0 spiro atoms. The molecule has 0 aromatic rings. The van der Waals surface area contributed by atoms with E-state index in [-0.39, 0.29) is 12.5 Å². The van der Waals surface area contributed by atoms with Crippen LogP contribution in [0.2, 0.25) is 0 Å². The second-order valence-corrected chi connectivity index (χ2v) is 5.04. The van der Waals surface area contributed by atoms with Crippen LogP contribution in [0.15, 0.2) is 0 Å². The van der Waals surface area contributed by atoms with Crippen LogP contribution in [0.1, 0.15) is 12.8 Å². The molecule has 0 radical (unpaired) electrons. The maximum Gasteiger partial charge on any atom is 0.225 e. The van der Waals surface area contributed by atoms with E-state index in [2.05, 4.69) is 10.2 Å². The number of aliphatic hydroxyl groups is 1. The smallest absolute Gasteiger partial charge is 0.225 e. The van der Waals surface area contributed by atoms with Gasteiger partial charge < -0.3 is 15.3 Å². The zero-order valence-electron chi connectivity index (χ0n) is 10.6. The molecule has 2 N–H and O–H groups in total. The second kappa shape index (κ2) is 5.80. The molecule has 5 heteroatoms. The number of hydrogen-bond donors (Lipinski definition) is 2. The number of piperazine rings is 1. The lowest BCUT2D eigenvalue weighted by Crippen LogP contribution is -2.54. The Morgan fingerprint density at radius 2 is 1.94 bits per heavy atom. The first-order chi connectivity index (χ1) is 8.24. The van der Waals surface area contributed by atoms with Crippen LogP contribution in [0, 0.1) is 5.92 Å². The number of β-amino-alcohol motifs (C(OH)–C–C–N with tert-alkyl or cyclic N) is 1. The van der Waals surface area contributed by atoms with Crippen LogP contribution in [0.25, 0.3) is 0 Å². The topological polar surface area (TPSA) is 55.8 Å². The lowest BCUT2D eigenvalue weighted by atomic mass is 9.79. The Kier molecular flexibility index (Phi) is 4.36. The molecule has 0 aromatic carbocycles. The van der Waals surface area contributed by atoms with Gasteiger partial charge in [-0.3, -0.25) is 9.69 Å². The number of nitrogens with zero attached hydrogens (tertiary/aromatic N) is 2. The number of rotatable bonds is 4. The molecule has 98 valence electrons. The Labute approximate surface area is 103 Å². The van der Waals surface area contributed by atoms with Gasteiger partial charge in [0.2, 0.25) is 5.91 Å². The summed E-state index contributed by atoms with van der Waals surface area (Å²) in [7, 11) is 1.96. The second-order valence-electron chi connectivity index (χ2n) is 5.04. The summed E-state index contributed by atoms with van der Waals surface area (Å²) in [5.41, 5.74) is 0. The van der Waals surface area contributed by atoms with Gasteiger partial charge in [0.1, 0.15) is 0 Å². The maximum absolute atomic E-state index is 12.1. The summed E-state index contributed by atoms with van der Waals surface area (Å²) in [6.07, 6.45) is 1.98. The van der Waals surface area contributed by atoms with E-state index < -0.39 is 0 Å². The predicted molar refractivity (Wildman–Crippen MR) is 65.7 cm³/mol. The first-order valence-corrected chi connectivity index (χ1v) is 6.54. The molecule has 1 aliphatic carbocycles. The van der Waals surface area contributed by atoms with E-state index in [9.17, 15) is 4.79 Å². The Bertz CT molecular complexity index is 258. The van der Waals surface area contributed by atoms with E-state index in [1.807, 2.05) is 11.9 Å². The first kappa shape index (κ1) is 12.8. The van der Waals surface area contributed by atoms with Crippen LogP contribution >= 0.6 is 0 Å². The zero-order chi connectivity index (χ0) is 12.3. The number of carbonyl (C=O) groups is 1. The Balaban J connectivity index is 1.72. The van der Waals surface area contributed by atoms with Crippen LogP contribution < -0.4 is 5.32 Å². The molecule has 0 bridgehead atoms. The van der Waals surface area contributed by atoms with Crippen molar-refractivity contribution in [2.24, 2.45) is 5.92 Å². The van der Waals surface area contributed by atoms with E-state index in [4.69, 9.17) is 5.11 Å². The van der Waals surface area contributed by atoms with Crippen LogP contribution in [-0.4, -0.2) is 73.2 Å². The minimum absolute atomic E-state index is 0.209. The average molecular weight is 241 g/mol. The van der Waals surface area contributed by atoms with Gasteiger partial charge in [-0.2, -0.15) is 0 Å². The minimum Gasteiger partial charge on any atom is -0.395 e. The van der Waals surface area contributed by atoms with Crippen molar-refractivity contribution in [3.8, 4) is 0 Å². The van der Waals surface area contributed by atoms with Crippen molar-refractivity contribution in [3.63, 3.8) is 0 Å². The third kappa shape index (κ3) is 2.97. The SMILES string of the molecule is CNC1CC(C(=O)N2CCN(CCO)CC2)C1. The van der Waals surface area contributed by atoms with Crippen LogP contribution in [0.4, 0.5) is 0 Å². The lowest BCUT2D eigenvalue weighted by Gasteiger charge is -2.40. The zero-order valence-corrected chi connectivity index (χ0v) is 10.6. The normalized spacial score (nSPS) is 30.1. The monoisotopic (exact) mass is 241 g/mol. The minimum atomic E-state index is 0.209. The lowest BCUT2D eigenvalue weighted by molar-refractivity contribution is -0.140. The van der Waals surface area contributed by atoms with Gasteiger partial charge in [-0.15, -0.1) is 0 Å². The van der Waals surface area contributed by atoms with Crippen molar-refractivity contribution >= 4 is 5.91 Å². The Hall–Kier alpha value is -0.650. The highest BCUT2D eigenvalue weighted by Gasteiger charge is 2.36. The molecule has 1 saturated heterocycles. The fourth-order valence-corrected chi connectivity index (χ4v) is 2.65. The molecule has 17 heavy (non-hydrogen) atoms. The van der Waals surface area contributed by atoms with Crippen LogP contribution in [-0.2, 0) is 4.79 Å². The average Bonchev–Trinajstić information content (AvgIpc) is 2.29. The van der Waals surface area contributed by atoms with Crippen molar-refractivity contribution < 1.29 is 9.90 Å². The molecule has 5 nitrogen and oxygen atoms in total. The molecular weight excluding hydrogens is 218 g/mol. The fourth-order valence-electron chi connectivity index (χ4n) is 2.65. The van der Waals surface area contributed by atoms with Crippen molar-refractivity contribution in [3.05, 3.63) is 0 Å². The molecule has 1 heterocycles. The van der Waals surface area contributed by atoms with Gasteiger partial charge in [0.15, 0.2) is 0 Å². The van der Waals surface area contributed by atoms with Crippen LogP contribution in [0.3, 0.4) is 0 Å². The highest BCUT2D eigenvalue weighted by Crippen LogP contribution is 2.29. The van der Waals surface area contributed by atoms with Crippen molar-refractivity contribution in [2.45, 2.75) is 18.9 Å². The van der Waals surface area contributed by atoms with Gasteiger partial charge in [-0.25, -0.2) is 0 Å². The van der Waals surface area contributed by atoms with E-state index in [0.29, 0.717) is 11.9 Å². The Morgan fingerprint density at radius 3 is 2.47 bits per heavy atom. The largest absolute Gasteiger partial charge is 0.395 e.